The summed E-state index contributed by atoms with van der Waals surface area (Å²) < 4.78 is 20.0. The van der Waals surface area contributed by atoms with Gasteiger partial charge in [0.1, 0.15) is 18.2 Å². The van der Waals surface area contributed by atoms with Crippen LogP contribution in [0.1, 0.15) is 36.8 Å². The minimum absolute atomic E-state index is 0.231. The van der Waals surface area contributed by atoms with Gasteiger partial charge >= 0.3 is 0 Å². The minimum atomic E-state index is -1.09. The molecule has 0 amide bonds. The van der Waals surface area contributed by atoms with E-state index in [9.17, 15) is 9.50 Å². The van der Waals surface area contributed by atoms with Gasteiger partial charge in [-0.15, -0.1) is 6.42 Å². The van der Waals surface area contributed by atoms with Crippen molar-refractivity contribution in [3.63, 3.8) is 0 Å². The average Bonchev–Trinajstić information content (AvgIpc) is 2.91. The van der Waals surface area contributed by atoms with Crippen LogP contribution in [0, 0.1) is 18.2 Å². The molecular formula is C23H24FNO2. The third kappa shape index (κ3) is 3.45. The quantitative estimate of drug-likeness (QED) is 0.817. The molecule has 2 aromatic carbocycles. The molecular weight excluding hydrogens is 341 g/mol. The van der Waals surface area contributed by atoms with Crippen LogP contribution in [-0.4, -0.2) is 28.7 Å². The molecule has 27 heavy (non-hydrogen) atoms. The molecule has 4 rings (SSSR count). The molecule has 2 unspecified atom stereocenters. The fourth-order valence-corrected chi connectivity index (χ4v) is 4.72. The Kier molecular flexibility index (Phi) is 4.90. The Morgan fingerprint density at radius 2 is 1.78 bits per heavy atom. The van der Waals surface area contributed by atoms with Gasteiger partial charge in [-0.2, -0.15) is 0 Å². The normalized spacial score (nSPS) is 27.3. The summed E-state index contributed by atoms with van der Waals surface area (Å²) in [7, 11) is 0. The lowest BCUT2D eigenvalue weighted by Crippen LogP contribution is -2.49. The number of fused-ring (bicyclic) bond motifs is 2. The predicted molar refractivity (Wildman–Crippen MR) is 103 cm³/mol. The van der Waals surface area contributed by atoms with Gasteiger partial charge in [-0.25, -0.2) is 4.39 Å². The molecule has 4 heteroatoms. The van der Waals surface area contributed by atoms with Gasteiger partial charge in [0.05, 0.1) is 5.60 Å². The van der Waals surface area contributed by atoms with E-state index < -0.39 is 5.60 Å². The van der Waals surface area contributed by atoms with Crippen LogP contribution in [0.25, 0.3) is 0 Å². The zero-order valence-electron chi connectivity index (χ0n) is 15.3. The van der Waals surface area contributed by atoms with Crippen molar-refractivity contribution in [1.29, 1.82) is 0 Å². The van der Waals surface area contributed by atoms with Crippen LogP contribution in [0.2, 0.25) is 0 Å². The van der Waals surface area contributed by atoms with Crippen molar-refractivity contribution in [3.05, 3.63) is 65.5 Å². The average molecular weight is 365 g/mol. The molecule has 2 saturated heterocycles. The lowest BCUT2D eigenvalue weighted by Gasteiger charge is -2.44. The number of halogens is 1. The SMILES string of the molecule is C#CCOc1ccccc1CN1C2CCC1CC(O)(c1ccccc1F)C2. The summed E-state index contributed by atoms with van der Waals surface area (Å²) in [4.78, 5) is 2.44. The Hall–Kier alpha value is -2.35. The minimum Gasteiger partial charge on any atom is -0.481 e. The molecule has 2 atom stereocenters. The van der Waals surface area contributed by atoms with Gasteiger partial charge in [0.2, 0.25) is 0 Å². The van der Waals surface area contributed by atoms with Crippen LogP contribution in [0.5, 0.6) is 5.75 Å². The first kappa shape index (κ1) is 18.0. The summed E-state index contributed by atoms with van der Waals surface area (Å²) >= 11 is 0. The highest BCUT2D eigenvalue weighted by Crippen LogP contribution is 2.47. The van der Waals surface area contributed by atoms with Crippen molar-refractivity contribution in [2.24, 2.45) is 0 Å². The summed E-state index contributed by atoms with van der Waals surface area (Å²) in [6.45, 7) is 1.00. The second kappa shape index (κ2) is 7.34. The number of para-hydroxylation sites is 1. The number of nitrogens with zero attached hydrogens (tertiary/aromatic N) is 1. The monoisotopic (exact) mass is 365 g/mol. The zero-order chi connectivity index (χ0) is 18.9. The third-order valence-corrected chi connectivity index (χ3v) is 5.93. The number of rotatable bonds is 5. The maximum atomic E-state index is 14.3. The number of aliphatic hydroxyl groups is 1. The van der Waals surface area contributed by atoms with Gasteiger partial charge in [0.25, 0.3) is 0 Å². The van der Waals surface area contributed by atoms with E-state index >= 15 is 0 Å². The Bertz CT molecular complexity index is 845. The Morgan fingerprint density at radius 1 is 1.11 bits per heavy atom. The fourth-order valence-electron chi connectivity index (χ4n) is 4.72. The molecule has 0 aromatic heterocycles. The maximum Gasteiger partial charge on any atom is 0.148 e. The van der Waals surface area contributed by atoms with Crippen molar-refractivity contribution in [3.8, 4) is 18.1 Å². The second-order valence-electron chi connectivity index (χ2n) is 7.58. The van der Waals surface area contributed by atoms with Crippen LogP contribution in [0.15, 0.2) is 48.5 Å². The fraction of sp³-hybridized carbons (Fsp3) is 0.391. The van der Waals surface area contributed by atoms with E-state index in [1.54, 1.807) is 18.2 Å². The van der Waals surface area contributed by atoms with Gasteiger partial charge < -0.3 is 9.84 Å². The van der Waals surface area contributed by atoms with Gasteiger partial charge in [0, 0.05) is 29.8 Å². The van der Waals surface area contributed by atoms with Crippen LogP contribution in [-0.2, 0) is 12.1 Å². The van der Waals surface area contributed by atoms with Crippen LogP contribution < -0.4 is 4.74 Å². The second-order valence-corrected chi connectivity index (χ2v) is 7.58. The summed E-state index contributed by atoms with van der Waals surface area (Å²) in [6, 6.07) is 15.0. The molecule has 0 saturated carbocycles. The van der Waals surface area contributed by atoms with Gasteiger partial charge in [-0.05, 0) is 37.8 Å². The summed E-state index contributed by atoms with van der Waals surface area (Å²) in [5.74, 6) is 3.00. The van der Waals surface area contributed by atoms with E-state index in [4.69, 9.17) is 11.2 Å². The first-order valence-electron chi connectivity index (χ1n) is 9.48. The third-order valence-electron chi connectivity index (χ3n) is 5.93. The molecule has 0 radical (unpaired) electrons. The van der Waals surface area contributed by atoms with Crippen molar-refractivity contribution < 1.29 is 14.2 Å². The number of ether oxygens (including phenoxy) is 1. The molecule has 2 aliphatic heterocycles. The van der Waals surface area contributed by atoms with E-state index in [0.717, 1.165) is 30.7 Å². The summed E-state index contributed by atoms with van der Waals surface area (Å²) in [5.41, 5.74) is 0.438. The highest BCUT2D eigenvalue weighted by Gasteiger charge is 2.49. The van der Waals surface area contributed by atoms with Crippen molar-refractivity contribution >= 4 is 0 Å². The van der Waals surface area contributed by atoms with Crippen molar-refractivity contribution in [2.45, 2.75) is 49.9 Å². The Morgan fingerprint density at radius 3 is 2.48 bits per heavy atom. The molecule has 0 aliphatic carbocycles. The highest BCUT2D eigenvalue weighted by atomic mass is 19.1. The smallest absolute Gasteiger partial charge is 0.148 e. The lowest BCUT2D eigenvalue weighted by molar-refractivity contribution is -0.0616. The van der Waals surface area contributed by atoms with Crippen molar-refractivity contribution in [1.82, 2.24) is 4.90 Å². The molecule has 3 nitrogen and oxygen atoms in total. The van der Waals surface area contributed by atoms with Crippen LogP contribution in [0.3, 0.4) is 0 Å². The number of hydrogen-bond acceptors (Lipinski definition) is 3. The van der Waals surface area contributed by atoms with E-state index in [1.165, 1.54) is 6.07 Å². The predicted octanol–water partition coefficient (Wildman–Crippen LogP) is 3.85. The first-order chi connectivity index (χ1) is 13.1. The zero-order valence-corrected chi connectivity index (χ0v) is 15.3. The van der Waals surface area contributed by atoms with E-state index in [1.807, 2.05) is 18.2 Å². The number of piperidine rings is 1. The molecule has 2 aromatic rings. The van der Waals surface area contributed by atoms with Gasteiger partial charge in [-0.3, -0.25) is 4.90 Å². The van der Waals surface area contributed by atoms with Crippen LogP contribution >= 0.6 is 0 Å². The molecule has 1 N–H and O–H groups in total. The molecule has 2 aliphatic rings. The van der Waals surface area contributed by atoms with E-state index in [-0.39, 0.29) is 24.5 Å². The first-order valence-corrected chi connectivity index (χ1v) is 9.48. The van der Waals surface area contributed by atoms with Gasteiger partial charge in [-0.1, -0.05) is 42.3 Å². The summed E-state index contributed by atoms with van der Waals surface area (Å²) in [5, 5.41) is 11.2. The van der Waals surface area contributed by atoms with Crippen LogP contribution in [0.4, 0.5) is 4.39 Å². The molecule has 2 bridgehead atoms. The molecule has 2 fully saturated rings. The molecule has 140 valence electrons. The van der Waals surface area contributed by atoms with E-state index in [0.29, 0.717) is 18.4 Å². The molecule has 2 heterocycles. The number of benzene rings is 2. The molecule has 0 spiro atoms. The number of terminal acetylenes is 1. The largest absolute Gasteiger partial charge is 0.481 e. The standard InChI is InChI=1S/C23H24FNO2/c1-2-13-27-22-10-6-3-7-17(22)16-25-18-11-12-19(25)15-23(26,14-18)20-8-4-5-9-21(20)24/h1,3-10,18-19,26H,11-16H2. The van der Waals surface area contributed by atoms with E-state index in [2.05, 4.69) is 16.9 Å². The Labute approximate surface area is 159 Å². The summed E-state index contributed by atoms with van der Waals surface area (Å²) in [6.07, 6.45) is 8.47. The Balaban J connectivity index is 1.54. The van der Waals surface area contributed by atoms with Gasteiger partial charge in [0.15, 0.2) is 0 Å². The lowest BCUT2D eigenvalue weighted by atomic mass is 9.80. The maximum absolute atomic E-state index is 14.3. The topological polar surface area (TPSA) is 32.7 Å². The highest BCUT2D eigenvalue weighted by molar-refractivity contribution is 5.34. The van der Waals surface area contributed by atoms with Crippen molar-refractivity contribution in [2.75, 3.05) is 6.61 Å². The number of hydrogen-bond donors (Lipinski definition) is 1.